The summed E-state index contributed by atoms with van der Waals surface area (Å²) in [5, 5.41) is 16.7. The number of aromatic nitrogens is 3. The maximum atomic E-state index is 11.2. The van der Waals surface area contributed by atoms with Crippen molar-refractivity contribution in [1.82, 2.24) is 14.6 Å². The lowest BCUT2D eigenvalue weighted by molar-refractivity contribution is 0.100. The first-order valence-electron chi connectivity index (χ1n) is 8.62. The molecule has 0 saturated heterocycles. The van der Waals surface area contributed by atoms with Crippen molar-refractivity contribution in [3.8, 4) is 6.07 Å². The number of anilines is 2. The average Bonchev–Trinajstić information content (AvgIpc) is 3.10. The lowest BCUT2D eigenvalue weighted by Crippen LogP contribution is -2.10. The molecular weight excluding hydrogens is 352 g/mol. The fourth-order valence-electron chi connectivity index (χ4n) is 2.92. The number of rotatable bonds is 5. The minimum atomic E-state index is -0.436. The molecule has 0 saturated carbocycles. The molecule has 0 aliphatic rings. The number of amides is 1. The van der Waals surface area contributed by atoms with Gasteiger partial charge in [0.25, 0.3) is 0 Å². The maximum absolute atomic E-state index is 11.2. The smallest absolute Gasteiger partial charge is 0.248 e. The Morgan fingerprint density at radius 3 is 2.57 bits per heavy atom. The second-order valence-electron chi connectivity index (χ2n) is 6.30. The second kappa shape index (κ2) is 7.21. The minimum Gasteiger partial charge on any atom is -0.366 e. The maximum Gasteiger partial charge on any atom is 0.248 e. The van der Waals surface area contributed by atoms with Gasteiger partial charge in [-0.15, -0.1) is 5.10 Å². The summed E-state index contributed by atoms with van der Waals surface area (Å²) in [7, 11) is 0. The summed E-state index contributed by atoms with van der Waals surface area (Å²) in [4.78, 5) is 15.6. The zero-order valence-corrected chi connectivity index (χ0v) is 14.8. The molecule has 7 nitrogen and oxygen atoms in total. The van der Waals surface area contributed by atoms with Crippen molar-refractivity contribution < 1.29 is 4.79 Å². The van der Waals surface area contributed by atoms with Gasteiger partial charge in [0.15, 0.2) is 5.65 Å². The molecule has 7 heteroatoms. The van der Waals surface area contributed by atoms with Crippen LogP contribution in [0.25, 0.3) is 5.65 Å². The SMILES string of the molecule is N#Cc1ccccc1Nc1nc2ccc(Cc3ccc(C(N)=O)cc3)cn2n1. The predicted molar refractivity (Wildman–Crippen MR) is 105 cm³/mol. The molecule has 136 valence electrons. The highest BCUT2D eigenvalue weighted by molar-refractivity contribution is 5.92. The van der Waals surface area contributed by atoms with Gasteiger partial charge in [-0.2, -0.15) is 10.2 Å². The number of hydrogen-bond acceptors (Lipinski definition) is 5. The fraction of sp³-hybridized carbons (Fsp3) is 0.0476. The first kappa shape index (κ1) is 17.2. The van der Waals surface area contributed by atoms with Gasteiger partial charge >= 0.3 is 0 Å². The molecule has 0 spiro atoms. The molecular formula is C21H16N6O. The van der Waals surface area contributed by atoms with Gasteiger partial charge in [0.2, 0.25) is 11.9 Å². The van der Waals surface area contributed by atoms with Crippen molar-refractivity contribution in [3.05, 3.63) is 89.1 Å². The summed E-state index contributed by atoms with van der Waals surface area (Å²) in [6.45, 7) is 0. The van der Waals surface area contributed by atoms with Crippen LogP contribution in [-0.2, 0) is 6.42 Å². The molecule has 0 atom stereocenters. The highest BCUT2D eigenvalue weighted by Crippen LogP contribution is 2.19. The number of pyridine rings is 1. The van der Waals surface area contributed by atoms with Crippen LogP contribution in [0.5, 0.6) is 0 Å². The van der Waals surface area contributed by atoms with Gasteiger partial charge in [-0.05, 0) is 47.9 Å². The lowest BCUT2D eigenvalue weighted by Gasteiger charge is -2.03. The zero-order valence-electron chi connectivity index (χ0n) is 14.8. The number of carbonyl (C=O) groups is 1. The number of carbonyl (C=O) groups excluding carboxylic acids is 1. The molecule has 28 heavy (non-hydrogen) atoms. The number of nitrogens with one attached hydrogen (secondary N) is 1. The van der Waals surface area contributed by atoms with Crippen molar-refractivity contribution in [2.45, 2.75) is 6.42 Å². The van der Waals surface area contributed by atoms with Gasteiger partial charge in [0.1, 0.15) is 6.07 Å². The van der Waals surface area contributed by atoms with Gasteiger partial charge in [0.05, 0.1) is 11.3 Å². The van der Waals surface area contributed by atoms with E-state index in [1.165, 1.54) is 0 Å². The summed E-state index contributed by atoms with van der Waals surface area (Å²) in [5.41, 5.74) is 9.76. The normalized spacial score (nSPS) is 10.5. The standard InChI is InChI=1S/C21H16N6O/c22-12-17-3-1-2-4-18(17)24-21-25-19-10-7-15(13-27(19)26-21)11-14-5-8-16(9-6-14)20(23)28/h1-10,13H,11H2,(H2,23,28)(H,24,26). The van der Waals surface area contributed by atoms with E-state index in [1.54, 1.807) is 22.7 Å². The number of benzene rings is 2. The van der Waals surface area contributed by atoms with E-state index in [9.17, 15) is 10.1 Å². The van der Waals surface area contributed by atoms with Crippen LogP contribution in [0.1, 0.15) is 27.0 Å². The summed E-state index contributed by atoms with van der Waals surface area (Å²) >= 11 is 0. The molecule has 2 aromatic heterocycles. The molecule has 1 amide bonds. The van der Waals surface area contributed by atoms with Crippen molar-refractivity contribution in [2.75, 3.05) is 5.32 Å². The first-order valence-corrected chi connectivity index (χ1v) is 8.62. The third-order valence-corrected chi connectivity index (χ3v) is 4.33. The summed E-state index contributed by atoms with van der Waals surface area (Å²) < 4.78 is 1.70. The predicted octanol–water partition coefficient (Wildman–Crippen LogP) is 3.03. The van der Waals surface area contributed by atoms with E-state index >= 15 is 0 Å². The third-order valence-electron chi connectivity index (χ3n) is 4.33. The molecule has 3 N–H and O–H groups in total. The highest BCUT2D eigenvalue weighted by Gasteiger charge is 2.08. The zero-order chi connectivity index (χ0) is 19.5. The Bertz CT molecular complexity index is 1200. The van der Waals surface area contributed by atoms with Crippen molar-refractivity contribution in [2.24, 2.45) is 5.73 Å². The van der Waals surface area contributed by atoms with Crippen LogP contribution in [0.15, 0.2) is 66.9 Å². The molecule has 2 heterocycles. The van der Waals surface area contributed by atoms with Crippen LogP contribution < -0.4 is 11.1 Å². The Morgan fingerprint density at radius 1 is 1.07 bits per heavy atom. The Labute approximate surface area is 161 Å². The number of hydrogen-bond donors (Lipinski definition) is 2. The lowest BCUT2D eigenvalue weighted by atomic mass is 10.0. The van der Waals surface area contributed by atoms with Crippen LogP contribution in [0.2, 0.25) is 0 Å². The molecule has 0 unspecified atom stereocenters. The number of nitrogens with two attached hydrogens (primary N) is 1. The summed E-state index contributed by atoms with van der Waals surface area (Å²) in [6, 6.07) is 20.4. The number of para-hydroxylation sites is 1. The van der Waals surface area contributed by atoms with E-state index in [4.69, 9.17) is 5.73 Å². The van der Waals surface area contributed by atoms with Gasteiger partial charge in [-0.1, -0.05) is 30.3 Å². The van der Waals surface area contributed by atoms with E-state index in [-0.39, 0.29) is 0 Å². The van der Waals surface area contributed by atoms with Gasteiger partial charge in [-0.25, -0.2) is 4.52 Å². The third kappa shape index (κ3) is 3.52. The van der Waals surface area contributed by atoms with E-state index in [2.05, 4.69) is 21.5 Å². The monoisotopic (exact) mass is 368 g/mol. The van der Waals surface area contributed by atoms with E-state index in [0.717, 1.165) is 11.1 Å². The van der Waals surface area contributed by atoms with Crippen molar-refractivity contribution >= 4 is 23.2 Å². The van der Waals surface area contributed by atoms with E-state index in [0.29, 0.717) is 34.8 Å². The number of primary amides is 1. The van der Waals surface area contributed by atoms with Gasteiger partial charge < -0.3 is 11.1 Å². The fourth-order valence-corrected chi connectivity index (χ4v) is 2.92. The van der Waals surface area contributed by atoms with Crippen LogP contribution in [0.4, 0.5) is 11.6 Å². The van der Waals surface area contributed by atoms with Gasteiger partial charge in [-0.3, -0.25) is 4.79 Å². The number of fused-ring (bicyclic) bond motifs is 1. The molecule has 4 rings (SSSR count). The van der Waals surface area contributed by atoms with E-state index < -0.39 is 5.91 Å². The Hall–Kier alpha value is -4.18. The molecule has 0 aliphatic heterocycles. The number of nitriles is 1. The summed E-state index contributed by atoms with van der Waals surface area (Å²) in [5.74, 6) is -0.0146. The Morgan fingerprint density at radius 2 is 1.82 bits per heavy atom. The van der Waals surface area contributed by atoms with Gasteiger partial charge in [0, 0.05) is 11.8 Å². The van der Waals surface area contributed by atoms with E-state index in [1.807, 2.05) is 48.7 Å². The molecule has 0 aliphatic carbocycles. The Kier molecular flexibility index (Phi) is 4.44. The molecule has 0 radical (unpaired) electrons. The van der Waals surface area contributed by atoms with Crippen molar-refractivity contribution in [1.29, 1.82) is 5.26 Å². The largest absolute Gasteiger partial charge is 0.366 e. The molecule has 0 fully saturated rings. The van der Waals surface area contributed by atoms with Crippen LogP contribution in [-0.4, -0.2) is 20.5 Å². The Balaban J connectivity index is 1.56. The summed E-state index contributed by atoms with van der Waals surface area (Å²) in [6.07, 6.45) is 2.60. The van der Waals surface area contributed by atoms with Crippen LogP contribution >= 0.6 is 0 Å². The van der Waals surface area contributed by atoms with Crippen LogP contribution in [0, 0.1) is 11.3 Å². The highest BCUT2D eigenvalue weighted by atomic mass is 16.1. The minimum absolute atomic E-state index is 0.422. The molecule has 0 bridgehead atoms. The number of nitrogens with zero attached hydrogens (tertiary/aromatic N) is 4. The molecule has 2 aromatic carbocycles. The van der Waals surface area contributed by atoms with Crippen LogP contribution in [0.3, 0.4) is 0 Å². The van der Waals surface area contributed by atoms with Crippen molar-refractivity contribution in [3.63, 3.8) is 0 Å². The molecule has 4 aromatic rings. The second-order valence-corrected chi connectivity index (χ2v) is 6.30. The average molecular weight is 368 g/mol. The topological polar surface area (TPSA) is 109 Å². The quantitative estimate of drug-likeness (QED) is 0.563. The first-order chi connectivity index (χ1) is 13.6.